The Morgan fingerprint density at radius 2 is 1.90 bits per heavy atom. The molecule has 0 aromatic heterocycles. The van der Waals surface area contributed by atoms with Crippen LogP contribution in [-0.2, 0) is 18.3 Å². The van der Waals surface area contributed by atoms with Gasteiger partial charge in [0.1, 0.15) is 11.6 Å². The number of hydrogen-bond donors (Lipinski definition) is 1. The van der Waals surface area contributed by atoms with Gasteiger partial charge in [-0.05, 0) is 62.5 Å². The Morgan fingerprint density at radius 3 is 2.47 bits per heavy atom. The van der Waals surface area contributed by atoms with Gasteiger partial charge in [-0.2, -0.15) is 13.2 Å². The number of ether oxygens (including phenoxy) is 1. The van der Waals surface area contributed by atoms with Gasteiger partial charge < -0.3 is 15.0 Å². The van der Waals surface area contributed by atoms with Crippen molar-refractivity contribution in [2.45, 2.75) is 36.0 Å². The van der Waals surface area contributed by atoms with E-state index in [0.717, 1.165) is 37.6 Å². The number of thioether (sulfide) groups is 1. The molecule has 1 atom stereocenters. The van der Waals surface area contributed by atoms with Crippen molar-refractivity contribution >= 4 is 11.8 Å². The van der Waals surface area contributed by atoms with Crippen molar-refractivity contribution in [1.29, 1.82) is 0 Å². The number of alkyl halides is 3. The van der Waals surface area contributed by atoms with E-state index >= 15 is 0 Å². The molecule has 30 heavy (non-hydrogen) atoms. The standard InChI is InChI=1S/C22H26F4N2OS/c1-28-10-4-9-21(14-28,15-5-7-17(23)8-6-15)27-13-18-19(29-2)11-16(22(24,25)26)12-20(18)30-3/h5-8,11-12,27H,4,9-10,13-14H2,1-3H3. The molecule has 1 aliphatic heterocycles. The Morgan fingerprint density at radius 1 is 1.20 bits per heavy atom. The fraction of sp³-hybridized carbons (Fsp3) is 0.455. The Labute approximate surface area is 178 Å². The van der Waals surface area contributed by atoms with Gasteiger partial charge >= 0.3 is 6.18 Å². The lowest BCUT2D eigenvalue weighted by molar-refractivity contribution is -0.137. The zero-order chi connectivity index (χ0) is 21.9. The van der Waals surface area contributed by atoms with Gasteiger partial charge in [0, 0.05) is 23.5 Å². The van der Waals surface area contributed by atoms with Crippen molar-refractivity contribution in [3.8, 4) is 5.75 Å². The average Bonchev–Trinajstić information content (AvgIpc) is 2.71. The van der Waals surface area contributed by atoms with Gasteiger partial charge in [0.15, 0.2) is 0 Å². The van der Waals surface area contributed by atoms with Gasteiger partial charge in [-0.3, -0.25) is 0 Å². The third-order valence-corrected chi connectivity index (χ3v) is 6.42. The number of hydrogen-bond acceptors (Lipinski definition) is 4. The molecule has 1 aliphatic rings. The van der Waals surface area contributed by atoms with Crippen LogP contribution in [0.15, 0.2) is 41.3 Å². The highest BCUT2D eigenvalue weighted by molar-refractivity contribution is 7.98. The van der Waals surface area contributed by atoms with E-state index in [4.69, 9.17) is 4.74 Å². The van der Waals surface area contributed by atoms with E-state index in [-0.39, 0.29) is 11.6 Å². The first-order valence-corrected chi connectivity index (χ1v) is 10.9. The van der Waals surface area contributed by atoms with E-state index in [1.807, 2.05) is 7.05 Å². The molecule has 1 fully saturated rings. The fourth-order valence-corrected chi connectivity index (χ4v) is 4.76. The number of methoxy groups -OCH3 is 1. The number of nitrogens with one attached hydrogen (secondary N) is 1. The predicted octanol–water partition coefficient (Wildman–Crippen LogP) is 5.29. The van der Waals surface area contributed by atoms with Gasteiger partial charge in [0.25, 0.3) is 0 Å². The lowest BCUT2D eigenvalue weighted by Gasteiger charge is -2.43. The lowest BCUT2D eigenvalue weighted by atomic mass is 9.82. The largest absolute Gasteiger partial charge is 0.496 e. The molecule has 2 aromatic carbocycles. The van der Waals surface area contributed by atoms with Crippen LogP contribution in [0.3, 0.4) is 0 Å². The number of likely N-dealkylation sites (N-methyl/N-ethyl adjacent to an activating group) is 1. The quantitative estimate of drug-likeness (QED) is 0.486. The molecule has 0 spiro atoms. The number of benzene rings is 2. The highest BCUT2D eigenvalue weighted by atomic mass is 32.2. The van der Waals surface area contributed by atoms with Crippen LogP contribution < -0.4 is 10.1 Å². The molecule has 0 radical (unpaired) electrons. The molecule has 1 saturated heterocycles. The first-order valence-electron chi connectivity index (χ1n) is 9.70. The molecule has 0 saturated carbocycles. The van der Waals surface area contributed by atoms with E-state index in [1.165, 1.54) is 37.1 Å². The Kier molecular flexibility index (Phi) is 6.99. The van der Waals surface area contributed by atoms with Crippen LogP contribution in [0, 0.1) is 5.82 Å². The summed E-state index contributed by atoms with van der Waals surface area (Å²) >= 11 is 1.26. The summed E-state index contributed by atoms with van der Waals surface area (Å²) in [7, 11) is 3.42. The minimum Gasteiger partial charge on any atom is -0.496 e. The van der Waals surface area contributed by atoms with E-state index in [0.29, 0.717) is 17.0 Å². The zero-order valence-corrected chi connectivity index (χ0v) is 18.1. The summed E-state index contributed by atoms with van der Waals surface area (Å²) in [5, 5.41) is 3.59. The number of likely N-dealkylation sites (tertiary alicyclic amines) is 1. The molecule has 0 amide bonds. The van der Waals surface area contributed by atoms with Crippen LogP contribution in [0.1, 0.15) is 29.5 Å². The van der Waals surface area contributed by atoms with Crippen molar-refractivity contribution in [3.63, 3.8) is 0 Å². The van der Waals surface area contributed by atoms with Crippen LogP contribution in [0.25, 0.3) is 0 Å². The highest BCUT2D eigenvalue weighted by Gasteiger charge is 2.37. The third-order valence-electron chi connectivity index (χ3n) is 5.62. The fourth-order valence-electron chi connectivity index (χ4n) is 4.10. The Hall–Kier alpha value is -1.77. The molecular weight excluding hydrogens is 416 g/mol. The third kappa shape index (κ3) is 4.92. The van der Waals surface area contributed by atoms with Gasteiger partial charge in [-0.25, -0.2) is 4.39 Å². The maximum atomic E-state index is 13.5. The van der Waals surface area contributed by atoms with Gasteiger partial charge in [0.2, 0.25) is 0 Å². The molecule has 3 nitrogen and oxygen atoms in total. The Bertz CT molecular complexity index is 847. The number of rotatable bonds is 6. The van der Waals surface area contributed by atoms with E-state index in [1.54, 1.807) is 18.4 Å². The maximum Gasteiger partial charge on any atom is 0.416 e. The molecular formula is C22H26F4N2OS. The first kappa shape index (κ1) is 22.9. The van der Waals surface area contributed by atoms with Crippen molar-refractivity contribution < 1.29 is 22.3 Å². The average molecular weight is 443 g/mol. The molecule has 2 aromatic rings. The number of piperidine rings is 1. The minimum atomic E-state index is -4.44. The molecule has 0 bridgehead atoms. The second kappa shape index (κ2) is 9.16. The monoisotopic (exact) mass is 442 g/mol. The summed E-state index contributed by atoms with van der Waals surface area (Å²) in [6.07, 6.45) is -0.880. The highest BCUT2D eigenvalue weighted by Crippen LogP contribution is 2.39. The van der Waals surface area contributed by atoms with Gasteiger partial charge in [-0.15, -0.1) is 11.8 Å². The summed E-state index contributed by atoms with van der Waals surface area (Å²) in [6, 6.07) is 8.66. The topological polar surface area (TPSA) is 24.5 Å². The van der Waals surface area contributed by atoms with Crippen LogP contribution in [-0.4, -0.2) is 38.4 Å². The summed E-state index contributed by atoms with van der Waals surface area (Å²) in [4.78, 5) is 2.73. The van der Waals surface area contributed by atoms with Crippen LogP contribution in [0.5, 0.6) is 5.75 Å². The van der Waals surface area contributed by atoms with Crippen LogP contribution in [0.2, 0.25) is 0 Å². The SMILES string of the molecule is COc1cc(C(F)(F)F)cc(SC)c1CNC1(c2ccc(F)cc2)CCCN(C)C1. The van der Waals surface area contributed by atoms with Gasteiger partial charge in [0.05, 0.1) is 18.2 Å². The molecule has 8 heteroatoms. The summed E-state index contributed by atoms with van der Waals surface area (Å²) in [6.45, 7) is 2.02. The van der Waals surface area contributed by atoms with Crippen molar-refractivity contribution in [2.24, 2.45) is 0 Å². The summed E-state index contributed by atoms with van der Waals surface area (Å²) < 4.78 is 58.6. The van der Waals surface area contributed by atoms with E-state index in [2.05, 4.69) is 10.2 Å². The number of halogens is 4. The summed E-state index contributed by atoms with van der Waals surface area (Å²) in [5.41, 5.74) is 0.502. The zero-order valence-electron chi connectivity index (χ0n) is 17.3. The minimum absolute atomic E-state index is 0.208. The normalized spacial score (nSPS) is 20.4. The van der Waals surface area contributed by atoms with Crippen molar-refractivity contribution in [3.05, 3.63) is 58.9 Å². The molecule has 0 aliphatic carbocycles. The summed E-state index contributed by atoms with van der Waals surface area (Å²) in [5.74, 6) is -0.0905. The first-order chi connectivity index (χ1) is 14.2. The van der Waals surface area contributed by atoms with Crippen molar-refractivity contribution in [2.75, 3.05) is 33.5 Å². The van der Waals surface area contributed by atoms with Crippen LogP contribution in [0.4, 0.5) is 17.6 Å². The second-order valence-corrected chi connectivity index (χ2v) is 8.49. The smallest absolute Gasteiger partial charge is 0.416 e. The molecule has 3 rings (SSSR count). The van der Waals surface area contributed by atoms with E-state index < -0.39 is 17.3 Å². The molecule has 1 unspecified atom stereocenters. The van der Waals surface area contributed by atoms with Gasteiger partial charge in [-0.1, -0.05) is 12.1 Å². The van der Waals surface area contributed by atoms with E-state index in [9.17, 15) is 17.6 Å². The molecule has 164 valence electrons. The lowest BCUT2D eigenvalue weighted by Crippen LogP contribution is -2.53. The Balaban J connectivity index is 1.96. The van der Waals surface area contributed by atoms with Crippen molar-refractivity contribution in [1.82, 2.24) is 10.2 Å². The van der Waals surface area contributed by atoms with Crippen LogP contribution >= 0.6 is 11.8 Å². The maximum absolute atomic E-state index is 13.5. The number of nitrogens with zero attached hydrogens (tertiary/aromatic N) is 1. The molecule has 1 heterocycles. The molecule has 1 N–H and O–H groups in total. The second-order valence-electron chi connectivity index (χ2n) is 7.64. The predicted molar refractivity (Wildman–Crippen MR) is 111 cm³/mol.